The third kappa shape index (κ3) is 3.77. The maximum Gasteiger partial charge on any atom is 0.274 e. The molecular weight excluding hydrogens is 318 g/mol. The summed E-state index contributed by atoms with van der Waals surface area (Å²) in [4.78, 5) is 15.1. The highest BCUT2D eigenvalue weighted by molar-refractivity contribution is 7.87. The zero-order chi connectivity index (χ0) is 16.4. The smallest absolute Gasteiger partial charge is 0.274 e. The molecule has 0 radical (unpaired) electrons. The molecule has 1 fully saturated rings. The van der Waals surface area contributed by atoms with Crippen molar-refractivity contribution in [2.45, 2.75) is 19.3 Å². The van der Waals surface area contributed by atoms with Crippen molar-refractivity contribution in [2.24, 2.45) is 18.1 Å². The summed E-state index contributed by atoms with van der Waals surface area (Å²) in [5.41, 5.74) is 1.65. The topological polar surface area (TPSA) is 119 Å². The summed E-state index contributed by atoms with van der Waals surface area (Å²) in [7, 11) is -1.65. The van der Waals surface area contributed by atoms with E-state index in [2.05, 4.69) is 24.6 Å². The zero-order valence-corrected chi connectivity index (χ0v) is 13.8. The second kappa shape index (κ2) is 6.38. The molecule has 2 aromatic rings. The minimum Gasteiger partial charge on any atom is -0.355 e. The van der Waals surface area contributed by atoms with Crippen molar-refractivity contribution in [3.8, 4) is 0 Å². The van der Waals surface area contributed by atoms with Crippen LogP contribution in [0.2, 0.25) is 0 Å². The lowest BCUT2D eigenvalue weighted by molar-refractivity contribution is 0.381. The summed E-state index contributed by atoms with van der Waals surface area (Å²) in [6.07, 6.45) is 6.09. The molecule has 9 nitrogen and oxygen atoms in total. The van der Waals surface area contributed by atoms with Crippen molar-refractivity contribution in [1.29, 1.82) is 0 Å². The normalized spacial score (nSPS) is 17.0. The Bertz CT molecular complexity index is 781. The maximum absolute atomic E-state index is 10.9. The molecule has 3 rings (SSSR count). The van der Waals surface area contributed by atoms with Gasteiger partial charge in [-0.1, -0.05) is 0 Å². The number of piperidine rings is 1. The van der Waals surface area contributed by atoms with E-state index in [0.29, 0.717) is 18.1 Å². The SMILES string of the molecule is Cn1cnc2ncnc(N3CCC(CCNS(N)(=O)=O)CC3)c21. The molecule has 0 saturated carbocycles. The molecule has 23 heavy (non-hydrogen) atoms. The minimum atomic E-state index is -3.59. The lowest BCUT2D eigenvalue weighted by Crippen LogP contribution is -2.37. The molecule has 0 bridgehead atoms. The molecule has 3 heterocycles. The highest BCUT2D eigenvalue weighted by atomic mass is 32.2. The molecule has 0 aliphatic carbocycles. The van der Waals surface area contributed by atoms with Crippen LogP contribution in [-0.2, 0) is 17.3 Å². The fourth-order valence-corrected chi connectivity index (χ4v) is 3.44. The van der Waals surface area contributed by atoms with Gasteiger partial charge in [-0.15, -0.1) is 0 Å². The molecule has 0 unspecified atom stereocenters. The predicted molar refractivity (Wildman–Crippen MR) is 87.0 cm³/mol. The standard InChI is InChI=1S/C13H21N7O2S/c1-19-9-17-12-11(19)13(16-8-15-12)20-6-3-10(4-7-20)2-5-18-23(14,21)22/h8-10,18H,2-7H2,1H3,(H2,14,21,22). The number of hydrogen-bond acceptors (Lipinski definition) is 6. The Kier molecular flexibility index (Phi) is 4.46. The third-order valence-corrected chi connectivity index (χ3v) is 4.87. The molecule has 126 valence electrons. The summed E-state index contributed by atoms with van der Waals surface area (Å²) in [5, 5.41) is 4.94. The van der Waals surface area contributed by atoms with Crippen LogP contribution in [0.25, 0.3) is 11.2 Å². The number of aromatic nitrogens is 4. The molecule has 1 saturated heterocycles. The van der Waals surface area contributed by atoms with E-state index in [4.69, 9.17) is 5.14 Å². The van der Waals surface area contributed by atoms with Crippen molar-refractivity contribution in [3.05, 3.63) is 12.7 Å². The number of anilines is 1. The lowest BCUT2D eigenvalue weighted by atomic mass is 9.93. The Balaban J connectivity index is 1.61. The van der Waals surface area contributed by atoms with Gasteiger partial charge in [-0.05, 0) is 25.2 Å². The van der Waals surface area contributed by atoms with Crippen molar-refractivity contribution in [1.82, 2.24) is 24.2 Å². The van der Waals surface area contributed by atoms with Crippen molar-refractivity contribution < 1.29 is 8.42 Å². The average molecular weight is 339 g/mol. The van der Waals surface area contributed by atoms with Crippen molar-refractivity contribution in [3.63, 3.8) is 0 Å². The van der Waals surface area contributed by atoms with E-state index in [1.54, 1.807) is 12.7 Å². The van der Waals surface area contributed by atoms with Crippen LogP contribution < -0.4 is 14.8 Å². The number of hydrogen-bond donors (Lipinski definition) is 2. The summed E-state index contributed by atoms with van der Waals surface area (Å²) in [6, 6.07) is 0. The number of imidazole rings is 1. The highest BCUT2D eigenvalue weighted by Gasteiger charge is 2.23. The van der Waals surface area contributed by atoms with Crippen molar-refractivity contribution >= 4 is 27.2 Å². The van der Waals surface area contributed by atoms with Gasteiger partial charge in [0.25, 0.3) is 10.2 Å². The largest absolute Gasteiger partial charge is 0.355 e. The molecule has 1 aliphatic rings. The van der Waals surface area contributed by atoms with Crippen LogP contribution in [0.4, 0.5) is 5.82 Å². The fraction of sp³-hybridized carbons (Fsp3) is 0.615. The molecular formula is C13H21N7O2S. The van der Waals surface area contributed by atoms with Crippen LogP contribution in [0.1, 0.15) is 19.3 Å². The second-order valence-corrected chi connectivity index (χ2v) is 7.26. The lowest BCUT2D eigenvalue weighted by Gasteiger charge is -2.33. The van der Waals surface area contributed by atoms with Gasteiger partial charge in [-0.3, -0.25) is 0 Å². The van der Waals surface area contributed by atoms with E-state index in [9.17, 15) is 8.42 Å². The first-order valence-electron chi connectivity index (χ1n) is 7.58. The molecule has 0 amide bonds. The first kappa shape index (κ1) is 16.1. The Hall–Kier alpha value is -1.78. The molecule has 1 aliphatic heterocycles. The van der Waals surface area contributed by atoms with E-state index < -0.39 is 10.2 Å². The van der Waals surface area contributed by atoms with Gasteiger partial charge in [0.2, 0.25) is 0 Å². The Morgan fingerprint density at radius 3 is 2.74 bits per heavy atom. The summed E-state index contributed by atoms with van der Waals surface area (Å²) in [5.74, 6) is 1.40. The molecule has 0 spiro atoms. The van der Waals surface area contributed by atoms with Gasteiger partial charge >= 0.3 is 0 Å². The number of fused-ring (bicyclic) bond motifs is 1. The summed E-state index contributed by atoms with van der Waals surface area (Å²) < 4.78 is 26.0. The van der Waals surface area contributed by atoms with Crippen LogP contribution in [0.5, 0.6) is 0 Å². The molecule has 0 aromatic carbocycles. The van der Waals surface area contributed by atoms with Gasteiger partial charge < -0.3 is 9.47 Å². The van der Waals surface area contributed by atoms with Gasteiger partial charge in [0, 0.05) is 26.7 Å². The fourth-order valence-electron chi connectivity index (χ4n) is 3.04. The number of nitrogens with two attached hydrogens (primary N) is 1. The summed E-state index contributed by atoms with van der Waals surface area (Å²) >= 11 is 0. The average Bonchev–Trinajstić information content (AvgIpc) is 2.89. The molecule has 2 aromatic heterocycles. The first-order valence-corrected chi connectivity index (χ1v) is 9.13. The van der Waals surface area contributed by atoms with Crippen LogP contribution in [0.3, 0.4) is 0 Å². The summed E-state index contributed by atoms with van der Waals surface area (Å²) in [6.45, 7) is 2.16. The molecule has 0 atom stereocenters. The Morgan fingerprint density at radius 2 is 2.04 bits per heavy atom. The van der Waals surface area contributed by atoms with Crippen LogP contribution >= 0.6 is 0 Å². The second-order valence-electron chi connectivity index (χ2n) is 5.88. The molecule has 10 heteroatoms. The highest BCUT2D eigenvalue weighted by Crippen LogP contribution is 2.27. The minimum absolute atomic E-state index is 0.392. The maximum atomic E-state index is 10.9. The Labute approximate surface area is 135 Å². The van der Waals surface area contributed by atoms with E-state index >= 15 is 0 Å². The van der Waals surface area contributed by atoms with Crippen LogP contribution in [-0.4, -0.2) is 47.6 Å². The number of aryl methyl sites for hydroxylation is 1. The van der Waals surface area contributed by atoms with E-state index in [-0.39, 0.29) is 0 Å². The van der Waals surface area contributed by atoms with Crippen LogP contribution in [0, 0.1) is 5.92 Å². The predicted octanol–water partition coefficient (Wildman–Crippen LogP) is -0.237. The van der Waals surface area contributed by atoms with Crippen LogP contribution in [0.15, 0.2) is 12.7 Å². The number of nitrogens with zero attached hydrogens (tertiary/aromatic N) is 5. The van der Waals surface area contributed by atoms with E-state index in [1.165, 1.54) is 0 Å². The van der Waals surface area contributed by atoms with Gasteiger partial charge in [0.05, 0.1) is 6.33 Å². The number of nitrogens with one attached hydrogen (secondary N) is 1. The van der Waals surface area contributed by atoms with Gasteiger partial charge in [-0.25, -0.2) is 24.8 Å². The van der Waals surface area contributed by atoms with Crippen molar-refractivity contribution in [2.75, 3.05) is 24.5 Å². The Morgan fingerprint density at radius 1 is 1.30 bits per heavy atom. The molecule has 3 N–H and O–H groups in total. The van der Waals surface area contributed by atoms with E-state index in [1.807, 2.05) is 11.6 Å². The third-order valence-electron chi connectivity index (χ3n) is 4.26. The monoisotopic (exact) mass is 339 g/mol. The van der Waals surface area contributed by atoms with E-state index in [0.717, 1.165) is 43.7 Å². The first-order chi connectivity index (χ1) is 10.9. The van der Waals surface area contributed by atoms with Gasteiger partial charge in [0.15, 0.2) is 11.5 Å². The van der Waals surface area contributed by atoms with Gasteiger partial charge in [-0.2, -0.15) is 8.42 Å². The quantitative estimate of drug-likeness (QED) is 0.776. The van der Waals surface area contributed by atoms with Gasteiger partial charge in [0.1, 0.15) is 11.8 Å². The zero-order valence-electron chi connectivity index (χ0n) is 13.0. The number of rotatable bonds is 5.